The molecule has 0 aliphatic heterocycles. The molecule has 0 unspecified atom stereocenters. The number of hydrazone groups is 1. The van der Waals surface area contributed by atoms with Crippen LogP contribution in [0.25, 0.3) is 0 Å². The van der Waals surface area contributed by atoms with Crippen LogP contribution in [0, 0.1) is 5.92 Å². The molecule has 1 atom stereocenters. The number of rotatable bonds is 5. The Morgan fingerprint density at radius 1 is 1.24 bits per heavy atom. The largest absolute Gasteiger partial charge is 0.462 e. The highest BCUT2D eigenvalue weighted by Gasteiger charge is 2.30. The maximum Gasteiger partial charge on any atom is 0.341 e. The number of amides is 2. The van der Waals surface area contributed by atoms with Crippen molar-refractivity contribution >= 4 is 40.3 Å². The molecule has 8 heteroatoms. The van der Waals surface area contributed by atoms with E-state index in [1.54, 1.807) is 6.92 Å². The highest BCUT2D eigenvalue weighted by molar-refractivity contribution is 7.17. The van der Waals surface area contributed by atoms with Gasteiger partial charge in [0, 0.05) is 4.88 Å². The van der Waals surface area contributed by atoms with E-state index in [1.165, 1.54) is 17.6 Å². The molecule has 0 spiro atoms. The molecule has 1 aromatic heterocycles. The fourth-order valence-electron chi connectivity index (χ4n) is 3.17. The normalized spacial score (nSPS) is 15.6. The van der Waals surface area contributed by atoms with Crippen LogP contribution in [-0.2, 0) is 27.2 Å². The van der Waals surface area contributed by atoms with Crippen molar-refractivity contribution in [3.63, 3.8) is 0 Å². The SMILES string of the molecule is CCOC(=O)c1c(NC(=O)C(=O)N/N=C\c2ccccc2)sc2c1CC[C@@H](C)C2. The summed E-state index contributed by atoms with van der Waals surface area (Å²) in [5.74, 6) is -1.76. The van der Waals surface area contributed by atoms with E-state index in [-0.39, 0.29) is 6.61 Å². The van der Waals surface area contributed by atoms with Crippen molar-refractivity contribution in [1.82, 2.24) is 5.43 Å². The number of carbonyl (C=O) groups is 3. The fraction of sp³-hybridized carbons (Fsp3) is 0.333. The van der Waals surface area contributed by atoms with Crippen LogP contribution < -0.4 is 10.7 Å². The Bertz CT molecular complexity index is 937. The van der Waals surface area contributed by atoms with Crippen LogP contribution in [-0.4, -0.2) is 30.6 Å². The Kier molecular flexibility index (Phi) is 6.77. The second kappa shape index (κ2) is 9.47. The molecular weight excluding hydrogens is 390 g/mol. The molecule has 1 aliphatic rings. The molecule has 1 aromatic carbocycles. The standard InChI is InChI=1S/C21H23N3O4S/c1-3-28-21(27)17-15-10-9-13(2)11-16(15)29-20(17)23-18(25)19(26)24-22-12-14-7-5-4-6-8-14/h4-8,12-13H,3,9-11H2,1-2H3,(H,23,25)(H,24,26)/b22-12-/t13-/m1/s1. The zero-order valence-electron chi connectivity index (χ0n) is 16.4. The molecule has 0 radical (unpaired) electrons. The minimum absolute atomic E-state index is 0.238. The smallest absolute Gasteiger partial charge is 0.341 e. The van der Waals surface area contributed by atoms with Crippen LogP contribution in [0.4, 0.5) is 5.00 Å². The van der Waals surface area contributed by atoms with Crippen molar-refractivity contribution in [2.45, 2.75) is 33.1 Å². The van der Waals surface area contributed by atoms with Gasteiger partial charge in [0.25, 0.3) is 0 Å². The number of ether oxygens (including phenoxy) is 1. The minimum atomic E-state index is -0.910. The molecule has 0 saturated carbocycles. The molecule has 2 N–H and O–H groups in total. The van der Waals surface area contributed by atoms with Gasteiger partial charge in [-0.3, -0.25) is 9.59 Å². The second-order valence-corrected chi connectivity index (χ2v) is 7.95. The van der Waals surface area contributed by atoms with Crippen LogP contribution in [0.3, 0.4) is 0 Å². The maximum absolute atomic E-state index is 12.5. The van der Waals surface area contributed by atoms with Crippen molar-refractivity contribution in [1.29, 1.82) is 0 Å². The number of thiophene rings is 1. The monoisotopic (exact) mass is 413 g/mol. The summed E-state index contributed by atoms with van der Waals surface area (Å²) >= 11 is 1.34. The topological polar surface area (TPSA) is 96.9 Å². The molecule has 0 bridgehead atoms. The van der Waals surface area contributed by atoms with Gasteiger partial charge in [0.15, 0.2) is 0 Å². The molecule has 2 amide bonds. The zero-order valence-corrected chi connectivity index (χ0v) is 17.2. The third-order valence-corrected chi connectivity index (χ3v) is 5.77. The average molecular weight is 413 g/mol. The first kappa shape index (κ1) is 20.7. The molecule has 0 saturated heterocycles. The van der Waals surface area contributed by atoms with Gasteiger partial charge >= 0.3 is 17.8 Å². The maximum atomic E-state index is 12.5. The van der Waals surface area contributed by atoms with Crippen LogP contribution in [0.5, 0.6) is 0 Å². The van der Waals surface area contributed by atoms with Crippen molar-refractivity contribution in [3.8, 4) is 0 Å². The number of carbonyl (C=O) groups excluding carboxylic acids is 3. The number of esters is 1. The lowest BCUT2D eigenvalue weighted by molar-refractivity contribution is -0.136. The van der Waals surface area contributed by atoms with Crippen LogP contribution >= 0.6 is 11.3 Å². The van der Waals surface area contributed by atoms with Gasteiger partial charge in [-0.1, -0.05) is 37.3 Å². The third kappa shape index (κ3) is 5.08. The summed E-state index contributed by atoms with van der Waals surface area (Å²) in [7, 11) is 0. The van der Waals surface area contributed by atoms with E-state index in [0.29, 0.717) is 16.5 Å². The molecule has 7 nitrogen and oxygen atoms in total. The summed E-state index contributed by atoms with van der Waals surface area (Å²) in [4.78, 5) is 37.9. The first-order valence-electron chi connectivity index (χ1n) is 9.50. The van der Waals surface area contributed by atoms with E-state index >= 15 is 0 Å². The first-order chi connectivity index (χ1) is 14.0. The van der Waals surface area contributed by atoms with Crippen molar-refractivity contribution in [3.05, 3.63) is 51.9 Å². The van der Waals surface area contributed by atoms with E-state index in [0.717, 1.165) is 35.3 Å². The van der Waals surface area contributed by atoms with E-state index < -0.39 is 17.8 Å². The molecule has 152 valence electrons. The van der Waals surface area contributed by atoms with Crippen LogP contribution in [0.1, 0.15) is 46.6 Å². The predicted molar refractivity (Wildman–Crippen MR) is 112 cm³/mol. The Morgan fingerprint density at radius 2 is 2.00 bits per heavy atom. The highest BCUT2D eigenvalue weighted by Crippen LogP contribution is 2.40. The van der Waals surface area contributed by atoms with Crippen LogP contribution in [0.2, 0.25) is 0 Å². The molecule has 29 heavy (non-hydrogen) atoms. The summed E-state index contributed by atoms with van der Waals surface area (Å²) in [6.07, 6.45) is 4.01. The Hall–Kier alpha value is -3.00. The van der Waals surface area contributed by atoms with E-state index in [4.69, 9.17) is 4.74 Å². The van der Waals surface area contributed by atoms with Gasteiger partial charge in [-0.25, -0.2) is 10.2 Å². The lowest BCUT2D eigenvalue weighted by Gasteiger charge is -2.18. The summed E-state index contributed by atoms with van der Waals surface area (Å²) in [6.45, 7) is 4.13. The molecule has 0 fully saturated rings. The highest BCUT2D eigenvalue weighted by atomic mass is 32.1. The summed E-state index contributed by atoms with van der Waals surface area (Å²) in [5, 5.41) is 6.71. The fourth-order valence-corrected chi connectivity index (χ4v) is 4.57. The van der Waals surface area contributed by atoms with E-state index in [1.807, 2.05) is 30.3 Å². The molecule has 1 heterocycles. The van der Waals surface area contributed by atoms with Crippen LogP contribution in [0.15, 0.2) is 35.4 Å². The second-order valence-electron chi connectivity index (χ2n) is 6.84. The van der Waals surface area contributed by atoms with E-state index in [9.17, 15) is 14.4 Å². The van der Waals surface area contributed by atoms with E-state index in [2.05, 4.69) is 22.8 Å². The number of nitrogens with zero attached hydrogens (tertiary/aromatic N) is 1. The predicted octanol–water partition coefficient (Wildman–Crippen LogP) is 3.14. The number of anilines is 1. The summed E-state index contributed by atoms with van der Waals surface area (Å²) in [6, 6.07) is 9.18. The molecule has 3 rings (SSSR count). The van der Waals surface area contributed by atoms with Crippen molar-refractivity contribution in [2.75, 3.05) is 11.9 Å². The molecule has 1 aliphatic carbocycles. The summed E-state index contributed by atoms with van der Waals surface area (Å²) in [5.41, 5.74) is 4.28. The Labute approximate surface area is 173 Å². The average Bonchev–Trinajstić information content (AvgIpc) is 3.05. The van der Waals surface area contributed by atoms with Crippen molar-refractivity contribution < 1.29 is 19.1 Å². The van der Waals surface area contributed by atoms with Gasteiger partial charge in [0.05, 0.1) is 18.4 Å². The molecule has 2 aromatic rings. The molecular formula is C21H23N3O4S. The van der Waals surface area contributed by atoms with Gasteiger partial charge in [-0.2, -0.15) is 5.10 Å². The quantitative estimate of drug-likeness (QED) is 0.341. The van der Waals surface area contributed by atoms with Gasteiger partial charge < -0.3 is 10.1 Å². The Morgan fingerprint density at radius 3 is 2.72 bits per heavy atom. The lowest BCUT2D eigenvalue weighted by atomic mass is 9.88. The Balaban J connectivity index is 1.72. The number of hydrogen-bond donors (Lipinski definition) is 2. The summed E-state index contributed by atoms with van der Waals surface area (Å²) < 4.78 is 5.17. The number of hydrogen-bond acceptors (Lipinski definition) is 6. The van der Waals surface area contributed by atoms with Gasteiger partial charge in [-0.05, 0) is 43.2 Å². The van der Waals surface area contributed by atoms with Gasteiger partial charge in [0.2, 0.25) is 0 Å². The van der Waals surface area contributed by atoms with Crippen molar-refractivity contribution in [2.24, 2.45) is 11.0 Å². The number of nitrogens with one attached hydrogen (secondary N) is 2. The number of benzene rings is 1. The number of fused-ring (bicyclic) bond motifs is 1. The van der Waals surface area contributed by atoms with Gasteiger partial charge in [-0.15, -0.1) is 11.3 Å². The third-order valence-electron chi connectivity index (χ3n) is 4.60. The minimum Gasteiger partial charge on any atom is -0.462 e. The van der Waals surface area contributed by atoms with Gasteiger partial charge in [0.1, 0.15) is 5.00 Å². The zero-order chi connectivity index (χ0) is 20.8. The lowest BCUT2D eigenvalue weighted by Crippen LogP contribution is -2.32. The first-order valence-corrected chi connectivity index (χ1v) is 10.3.